The van der Waals surface area contributed by atoms with Crippen LogP contribution in [0.1, 0.15) is 220 Å². The van der Waals surface area contributed by atoms with Crippen LogP contribution in [0, 0.1) is 11.8 Å². The Morgan fingerprint density at radius 3 is 1.19 bits per heavy atom. The van der Waals surface area contributed by atoms with Gasteiger partial charge >= 0.3 is 29.8 Å². The summed E-state index contributed by atoms with van der Waals surface area (Å²) in [5.41, 5.74) is 0. The Kier molecular flexibility index (Phi) is 41.8. The number of carbonyl (C=O) groups is 6. The van der Waals surface area contributed by atoms with E-state index in [1.54, 1.807) is 7.05 Å². The minimum atomic E-state index is -1.06. The van der Waals surface area contributed by atoms with Gasteiger partial charge in [-0.15, -0.1) is 0 Å². The van der Waals surface area contributed by atoms with Crippen molar-refractivity contribution >= 4 is 35.8 Å². The molecule has 0 saturated carbocycles. The number of ether oxygens (including phenoxy) is 5. The van der Waals surface area contributed by atoms with E-state index in [4.69, 9.17) is 23.7 Å². The molecule has 13 heteroatoms. The summed E-state index contributed by atoms with van der Waals surface area (Å²) in [6, 6.07) is 0. The lowest BCUT2D eigenvalue weighted by Crippen LogP contribution is -2.37. The Morgan fingerprint density at radius 2 is 0.794 bits per heavy atom. The predicted octanol–water partition coefficient (Wildman–Crippen LogP) is 10.4. The number of esters is 5. The molecule has 0 aliphatic heterocycles. The van der Waals surface area contributed by atoms with E-state index in [2.05, 4.69) is 38.3 Å². The van der Waals surface area contributed by atoms with Crippen molar-refractivity contribution in [3.05, 3.63) is 0 Å². The first-order valence-electron chi connectivity index (χ1n) is 25.4. The third-order valence-electron chi connectivity index (χ3n) is 11.3. The Morgan fingerprint density at radius 1 is 0.413 bits per heavy atom. The molecule has 13 nitrogen and oxygen atoms in total. The van der Waals surface area contributed by atoms with Gasteiger partial charge in [0.05, 0.1) is 31.6 Å². The molecule has 0 rings (SSSR count). The van der Waals surface area contributed by atoms with Crippen molar-refractivity contribution in [1.82, 2.24) is 10.6 Å². The van der Waals surface area contributed by atoms with Crippen molar-refractivity contribution in [3.63, 3.8) is 0 Å². The van der Waals surface area contributed by atoms with Gasteiger partial charge in [0.1, 0.15) is 19.8 Å². The number of rotatable bonds is 45. The number of hydrogen-bond donors (Lipinski definition) is 2. The second-order valence-electron chi connectivity index (χ2n) is 17.2. The highest BCUT2D eigenvalue weighted by Gasteiger charge is 2.22. The van der Waals surface area contributed by atoms with Crippen LogP contribution < -0.4 is 10.6 Å². The van der Waals surface area contributed by atoms with E-state index >= 15 is 0 Å². The van der Waals surface area contributed by atoms with Crippen LogP contribution in [0.3, 0.4) is 0 Å². The number of amides is 1. The summed E-state index contributed by atoms with van der Waals surface area (Å²) < 4.78 is 27.5. The monoisotopic (exact) mass is 897 g/mol. The molecule has 0 spiro atoms. The molecule has 368 valence electrons. The van der Waals surface area contributed by atoms with E-state index in [9.17, 15) is 28.8 Å². The minimum Gasteiger partial charge on any atom is -0.465 e. The van der Waals surface area contributed by atoms with Crippen LogP contribution in [0.15, 0.2) is 0 Å². The van der Waals surface area contributed by atoms with E-state index in [1.807, 2.05) is 0 Å². The molecule has 1 atom stereocenters. The fraction of sp³-hybridized carbons (Fsp3) is 0.880. The summed E-state index contributed by atoms with van der Waals surface area (Å²) >= 11 is 0. The lowest BCUT2D eigenvalue weighted by molar-refractivity contribution is -0.166. The molecule has 0 radical (unpaired) electrons. The molecular formula is C50H92N2O11. The van der Waals surface area contributed by atoms with Crippen molar-refractivity contribution in [2.45, 2.75) is 226 Å². The molecule has 0 aromatic rings. The van der Waals surface area contributed by atoms with E-state index in [1.165, 1.54) is 77.0 Å². The average molecular weight is 897 g/mol. The molecular weight excluding hydrogens is 805 g/mol. The van der Waals surface area contributed by atoms with Gasteiger partial charge in [-0.2, -0.15) is 0 Å². The second-order valence-corrected chi connectivity index (χ2v) is 17.2. The van der Waals surface area contributed by atoms with Gasteiger partial charge in [0, 0.05) is 12.8 Å². The molecule has 0 aromatic heterocycles. The molecule has 0 fully saturated rings. The summed E-state index contributed by atoms with van der Waals surface area (Å²) in [6.07, 6.45) is 27.2. The van der Waals surface area contributed by atoms with Gasteiger partial charge in [-0.05, 0) is 58.4 Å². The quantitative estimate of drug-likeness (QED) is 0.0337. The van der Waals surface area contributed by atoms with Crippen molar-refractivity contribution in [3.8, 4) is 0 Å². The highest BCUT2D eigenvalue weighted by atomic mass is 16.6. The summed E-state index contributed by atoms with van der Waals surface area (Å²) in [7, 11) is 1.60. The van der Waals surface area contributed by atoms with Crippen LogP contribution in [0.25, 0.3) is 0 Å². The third-order valence-corrected chi connectivity index (χ3v) is 11.3. The maximum absolute atomic E-state index is 13.0. The molecule has 0 heterocycles. The van der Waals surface area contributed by atoms with Crippen LogP contribution in [0.2, 0.25) is 0 Å². The van der Waals surface area contributed by atoms with E-state index < -0.39 is 24.0 Å². The summed E-state index contributed by atoms with van der Waals surface area (Å²) in [5.74, 6) is -2.70. The van der Waals surface area contributed by atoms with Gasteiger partial charge in [-0.1, -0.05) is 156 Å². The number of likely N-dealkylation sites (N-methyl/N-ethyl adjacent to an activating group) is 1. The first-order valence-corrected chi connectivity index (χ1v) is 25.4. The highest BCUT2D eigenvalue weighted by molar-refractivity contribution is 5.83. The predicted molar refractivity (Wildman–Crippen MR) is 249 cm³/mol. The summed E-state index contributed by atoms with van der Waals surface area (Å²) in [4.78, 5) is 75.6. The largest absolute Gasteiger partial charge is 0.465 e. The third kappa shape index (κ3) is 37.8. The number of nitrogens with one attached hydrogen (secondary N) is 2. The van der Waals surface area contributed by atoms with E-state index in [0.29, 0.717) is 25.7 Å². The first-order chi connectivity index (χ1) is 30.6. The van der Waals surface area contributed by atoms with Crippen LogP contribution in [0.5, 0.6) is 0 Å². The molecule has 0 aliphatic carbocycles. The minimum absolute atomic E-state index is 0.0306. The smallest absolute Gasteiger partial charge is 0.325 e. The molecule has 0 aromatic carbocycles. The Labute approximate surface area is 382 Å². The zero-order valence-electron chi connectivity index (χ0n) is 40.7. The molecule has 0 bridgehead atoms. The molecule has 63 heavy (non-hydrogen) atoms. The lowest BCUT2D eigenvalue weighted by atomic mass is 9.94. The molecule has 0 aliphatic rings. The van der Waals surface area contributed by atoms with E-state index in [-0.39, 0.29) is 82.0 Å². The van der Waals surface area contributed by atoms with E-state index in [0.717, 1.165) is 77.0 Å². The number of hydrogen-bond acceptors (Lipinski definition) is 12. The van der Waals surface area contributed by atoms with Gasteiger partial charge in [0.25, 0.3) is 0 Å². The van der Waals surface area contributed by atoms with Gasteiger partial charge in [0.15, 0.2) is 6.10 Å². The second kappa shape index (κ2) is 44.0. The topological polar surface area (TPSA) is 173 Å². The normalized spacial score (nSPS) is 11.7. The van der Waals surface area contributed by atoms with Crippen molar-refractivity contribution in [1.29, 1.82) is 0 Å². The van der Waals surface area contributed by atoms with Crippen molar-refractivity contribution < 1.29 is 52.5 Å². The Hall–Kier alpha value is -3.22. The number of unbranched alkanes of at least 4 members (excludes halogenated alkanes) is 18. The first kappa shape index (κ1) is 59.8. The van der Waals surface area contributed by atoms with Crippen LogP contribution >= 0.6 is 0 Å². The fourth-order valence-electron chi connectivity index (χ4n) is 7.31. The Bertz CT molecular complexity index is 1140. The van der Waals surface area contributed by atoms with Crippen LogP contribution in [0.4, 0.5) is 0 Å². The van der Waals surface area contributed by atoms with Crippen molar-refractivity contribution in [2.24, 2.45) is 11.8 Å². The zero-order chi connectivity index (χ0) is 46.6. The van der Waals surface area contributed by atoms with Gasteiger partial charge in [-0.3, -0.25) is 28.8 Å². The Balaban J connectivity index is 4.97. The zero-order valence-corrected chi connectivity index (χ0v) is 40.7. The fourth-order valence-corrected chi connectivity index (χ4v) is 7.31. The van der Waals surface area contributed by atoms with Crippen molar-refractivity contribution in [2.75, 3.05) is 46.6 Å². The number of carbonyl (C=O) groups excluding carboxylic acids is 6. The standard InChI is InChI=1S/C50H92N2O11/c1-6-10-14-18-22-30-42(31-23-19-15-11-7-2)49(57)59-36-28-26-34-46(54)61-40-44(41-62-48(56)39-52-45(53)38-51-5)63-47(55)35-27-29-37-60-50(58)43(32-24-20-16-12-8-3)33-25-21-17-13-9-4/h42-44,51H,6-41H2,1-5H3,(H,52,53)/t44-/m1/s1. The SMILES string of the molecule is CCCCCCCC(CCCCCCC)C(=O)OCCCCC(=O)OC[C@H](COC(=O)CNC(=O)CNC)OC(=O)CCCCOC(=O)C(CCCCCCC)CCCCCCC. The molecule has 1 amide bonds. The van der Waals surface area contributed by atoms with Gasteiger partial charge in [0.2, 0.25) is 5.91 Å². The van der Waals surface area contributed by atoms with Crippen LogP contribution in [-0.2, 0) is 52.5 Å². The summed E-state index contributed by atoms with van der Waals surface area (Å²) in [5, 5.41) is 5.12. The molecule has 0 saturated heterocycles. The van der Waals surface area contributed by atoms with Gasteiger partial charge < -0.3 is 34.3 Å². The summed E-state index contributed by atoms with van der Waals surface area (Å²) in [6.45, 7) is 8.16. The maximum atomic E-state index is 13.0. The van der Waals surface area contributed by atoms with Crippen LogP contribution in [-0.4, -0.2) is 88.4 Å². The molecule has 2 N–H and O–H groups in total. The average Bonchev–Trinajstić information content (AvgIpc) is 3.27. The molecule has 0 unspecified atom stereocenters. The highest BCUT2D eigenvalue weighted by Crippen LogP contribution is 2.22. The van der Waals surface area contributed by atoms with Gasteiger partial charge in [-0.25, -0.2) is 0 Å². The maximum Gasteiger partial charge on any atom is 0.325 e. The lowest BCUT2D eigenvalue weighted by Gasteiger charge is -2.18.